The van der Waals surface area contributed by atoms with Crippen molar-refractivity contribution in [3.63, 3.8) is 0 Å². The van der Waals surface area contributed by atoms with Gasteiger partial charge in [0.25, 0.3) is 0 Å². The van der Waals surface area contributed by atoms with E-state index in [1.807, 2.05) is 4.90 Å². The van der Waals surface area contributed by atoms with Crippen LogP contribution in [0, 0.1) is 0 Å². The third-order valence-electron chi connectivity index (χ3n) is 3.65. The predicted molar refractivity (Wildman–Crippen MR) is 74.2 cm³/mol. The fraction of sp³-hybridized carbons (Fsp3) is 0.571. The van der Waals surface area contributed by atoms with Gasteiger partial charge in [-0.1, -0.05) is 17.7 Å². The van der Waals surface area contributed by atoms with E-state index in [9.17, 15) is 17.6 Å². The number of rotatable bonds is 4. The van der Waals surface area contributed by atoms with E-state index in [4.69, 9.17) is 11.6 Å². The molecule has 0 aliphatic carbocycles. The molecule has 1 N–H and O–H groups in total. The Kier molecular flexibility index (Phi) is 5.46. The van der Waals surface area contributed by atoms with Gasteiger partial charge in [-0.2, -0.15) is 13.2 Å². The Hall–Kier alpha value is -0.850. The number of benzene rings is 1. The van der Waals surface area contributed by atoms with Crippen LogP contribution in [0.25, 0.3) is 0 Å². The van der Waals surface area contributed by atoms with Crippen molar-refractivity contribution in [2.75, 3.05) is 32.9 Å². The molecule has 1 heterocycles. The van der Waals surface area contributed by atoms with Gasteiger partial charge in [-0.05, 0) is 24.1 Å². The van der Waals surface area contributed by atoms with Gasteiger partial charge in [-0.25, -0.2) is 0 Å². The molecule has 21 heavy (non-hydrogen) atoms. The van der Waals surface area contributed by atoms with E-state index in [0.717, 1.165) is 6.07 Å². The van der Waals surface area contributed by atoms with E-state index in [1.54, 1.807) is 0 Å². The lowest BCUT2D eigenvalue weighted by molar-refractivity contribution is -0.138. The molecular formula is C14H17ClF4N2. The highest BCUT2D eigenvalue weighted by Gasteiger charge is 2.37. The van der Waals surface area contributed by atoms with Crippen LogP contribution in [0.2, 0.25) is 5.02 Å². The standard InChI is InChI=1S/C14H17ClF4N2/c15-10-1-2-11(12(9-10)14(17,18)19)13(3-4-16)21-7-5-20-6-8-21/h1-2,9,13,20H,3-8H2/t13-/m0/s1. The molecule has 1 aromatic rings. The summed E-state index contributed by atoms with van der Waals surface area (Å²) in [5.41, 5.74) is -0.668. The van der Waals surface area contributed by atoms with Crippen molar-refractivity contribution in [3.05, 3.63) is 34.3 Å². The van der Waals surface area contributed by atoms with Crippen molar-refractivity contribution >= 4 is 11.6 Å². The molecule has 0 saturated carbocycles. The molecule has 1 atom stereocenters. The number of piperazine rings is 1. The molecule has 0 amide bonds. The number of hydrogen-bond donors (Lipinski definition) is 1. The molecule has 1 aliphatic heterocycles. The molecular weight excluding hydrogens is 308 g/mol. The van der Waals surface area contributed by atoms with Crippen LogP contribution in [0.15, 0.2) is 18.2 Å². The SMILES string of the molecule is FCC[C@@H](c1ccc(Cl)cc1C(F)(F)F)N1CCNCC1. The second-order valence-corrected chi connectivity index (χ2v) is 5.45. The first-order chi connectivity index (χ1) is 9.93. The summed E-state index contributed by atoms with van der Waals surface area (Å²) in [6.07, 6.45) is -4.45. The minimum atomic E-state index is -4.50. The van der Waals surface area contributed by atoms with Crippen LogP contribution >= 0.6 is 11.6 Å². The molecule has 1 aromatic carbocycles. The van der Waals surface area contributed by atoms with Gasteiger partial charge in [0.1, 0.15) is 0 Å². The first-order valence-corrected chi connectivity index (χ1v) is 7.18. The van der Waals surface area contributed by atoms with Gasteiger partial charge >= 0.3 is 6.18 Å². The van der Waals surface area contributed by atoms with Crippen molar-refractivity contribution in [1.82, 2.24) is 10.2 Å². The van der Waals surface area contributed by atoms with Crippen LogP contribution in [0.1, 0.15) is 23.6 Å². The summed E-state index contributed by atoms with van der Waals surface area (Å²) in [6, 6.07) is 3.14. The molecule has 0 spiro atoms. The first-order valence-electron chi connectivity index (χ1n) is 6.81. The summed E-state index contributed by atoms with van der Waals surface area (Å²) in [6.45, 7) is 1.93. The van der Waals surface area contributed by atoms with Crippen molar-refractivity contribution in [1.29, 1.82) is 0 Å². The fourth-order valence-corrected chi connectivity index (χ4v) is 2.87. The quantitative estimate of drug-likeness (QED) is 0.850. The monoisotopic (exact) mass is 324 g/mol. The Morgan fingerprint density at radius 1 is 1.24 bits per heavy atom. The summed E-state index contributed by atoms with van der Waals surface area (Å²) in [5.74, 6) is 0. The second-order valence-electron chi connectivity index (χ2n) is 5.01. The van der Waals surface area contributed by atoms with E-state index >= 15 is 0 Å². The van der Waals surface area contributed by atoms with Crippen molar-refractivity contribution in [3.8, 4) is 0 Å². The Bertz CT molecular complexity index is 473. The maximum Gasteiger partial charge on any atom is 0.416 e. The Morgan fingerprint density at radius 3 is 2.48 bits per heavy atom. The Labute approximate surface area is 126 Å². The molecule has 7 heteroatoms. The van der Waals surface area contributed by atoms with Crippen LogP contribution in [-0.2, 0) is 6.18 Å². The van der Waals surface area contributed by atoms with Gasteiger partial charge in [-0.3, -0.25) is 9.29 Å². The number of nitrogens with one attached hydrogen (secondary N) is 1. The topological polar surface area (TPSA) is 15.3 Å². The minimum Gasteiger partial charge on any atom is -0.314 e. The van der Waals surface area contributed by atoms with Gasteiger partial charge in [0.05, 0.1) is 12.2 Å². The maximum absolute atomic E-state index is 13.2. The fourth-order valence-electron chi connectivity index (χ4n) is 2.70. The van der Waals surface area contributed by atoms with E-state index < -0.39 is 24.5 Å². The lowest BCUT2D eigenvalue weighted by Crippen LogP contribution is -2.45. The number of hydrogen-bond acceptors (Lipinski definition) is 2. The number of nitrogens with zero attached hydrogens (tertiary/aromatic N) is 1. The average molecular weight is 325 g/mol. The molecule has 1 saturated heterocycles. The van der Waals surface area contributed by atoms with E-state index in [2.05, 4.69) is 5.32 Å². The molecule has 0 aromatic heterocycles. The van der Waals surface area contributed by atoms with Crippen molar-refractivity contribution in [2.24, 2.45) is 0 Å². The summed E-state index contributed by atoms with van der Waals surface area (Å²) in [5, 5.41) is 3.17. The third kappa shape index (κ3) is 4.08. The van der Waals surface area contributed by atoms with Gasteiger partial charge in [-0.15, -0.1) is 0 Å². The van der Waals surface area contributed by atoms with E-state index in [0.29, 0.717) is 26.2 Å². The molecule has 0 unspecified atom stereocenters. The summed E-state index contributed by atoms with van der Waals surface area (Å²) < 4.78 is 52.5. The number of alkyl halides is 4. The Morgan fingerprint density at radius 2 is 1.90 bits per heavy atom. The van der Waals surface area contributed by atoms with Crippen LogP contribution < -0.4 is 5.32 Å². The van der Waals surface area contributed by atoms with Gasteiger partial charge in [0, 0.05) is 37.2 Å². The third-order valence-corrected chi connectivity index (χ3v) is 3.89. The highest BCUT2D eigenvalue weighted by molar-refractivity contribution is 6.30. The van der Waals surface area contributed by atoms with Gasteiger partial charge in [0.2, 0.25) is 0 Å². The van der Waals surface area contributed by atoms with Crippen LogP contribution in [0.4, 0.5) is 17.6 Å². The van der Waals surface area contributed by atoms with Crippen LogP contribution in [-0.4, -0.2) is 37.8 Å². The molecule has 1 aliphatic rings. The zero-order chi connectivity index (χ0) is 15.5. The summed E-state index contributed by atoms with van der Waals surface area (Å²) in [7, 11) is 0. The van der Waals surface area contributed by atoms with Gasteiger partial charge in [0.15, 0.2) is 0 Å². The molecule has 2 rings (SSSR count). The zero-order valence-corrected chi connectivity index (χ0v) is 12.1. The number of halogens is 5. The molecule has 0 bridgehead atoms. The van der Waals surface area contributed by atoms with Crippen LogP contribution in [0.5, 0.6) is 0 Å². The van der Waals surface area contributed by atoms with Crippen LogP contribution in [0.3, 0.4) is 0 Å². The van der Waals surface area contributed by atoms with E-state index in [-0.39, 0.29) is 17.0 Å². The first kappa shape index (κ1) is 16.5. The lowest BCUT2D eigenvalue weighted by atomic mass is 9.96. The smallest absolute Gasteiger partial charge is 0.314 e. The molecule has 1 fully saturated rings. The lowest BCUT2D eigenvalue weighted by Gasteiger charge is -2.36. The minimum absolute atomic E-state index is 0.0328. The second kappa shape index (κ2) is 6.94. The highest BCUT2D eigenvalue weighted by Crippen LogP contribution is 2.39. The molecule has 0 radical (unpaired) electrons. The van der Waals surface area contributed by atoms with E-state index in [1.165, 1.54) is 12.1 Å². The molecule has 2 nitrogen and oxygen atoms in total. The zero-order valence-electron chi connectivity index (χ0n) is 11.4. The predicted octanol–water partition coefficient (Wildman–Crippen LogP) is 3.66. The normalized spacial score (nSPS) is 18.7. The maximum atomic E-state index is 13.2. The summed E-state index contributed by atoms with van der Waals surface area (Å²) in [4.78, 5) is 1.90. The van der Waals surface area contributed by atoms with Gasteiger partial charge < -0.3 is 5.32 Å². The largest absolute Gasteiger partial charge is 0.416 e. The van der Waals surface area contributed by atoms with Crippen molar-refractivity contribution < 1.29 is 17.6 Å². The summed E-state index contributed by atoms with van der Waals surface area (Å²) >= 11 is 5.69. The Balaban J connectivity index is 2.39. The van der Waals surface area contributed by atoms with Crippen molar-refractivity contribution in [2.45, 2.75) is 18.6 Å². The average Bonchev–Trinajstić information content (AvgIpc) is 2.45. The highest BCUT2D eigenvalue weighted by atomic mass is 35.5. The molecule has 118 valence electrons.